The maximum atomic E-state index is 13.8. The van der Waals surface area contributed by atoms with Crippen LogP contribution in [0, 0.1) is 11.2 Å². The van der Waals surface area contributed by atoms with E-state index in [0.717, 1.165) is 11.0 Å². The minimum absolute atomic E-state index is 0.0584. The molecule has 0 saturated carbocycles. The number of likely N-dealkylation sites (tertiary alicyclic amines) is 1. The molecule has 1 aliphatic rings. The van der Waals surface area contributed by atoms with Gasteiger partial charge in [-0.3, -0.25) is 9.59 Å². The molecule has 9 heteroatoms. The summed E-state index contributed by atoms with van der Waals surface area (Å²) in [7, 11) is 0. The number of carbonyl (C=O) groups excluding carboxylic acids is 1. The van der Waals surface area contributed by atoms with Gasteiger partial charge >= 0.3 is 12.1 Å². The van der Waals surface area contributed by atoms with Crippen molar-refractivity contribution < 1.29 is 37.0 Å². The largest absolute Gasteiger partial charge is 0.490 e. The normalized spacial score (nSPS) is 21.0. The Morgan fingerprint density at radius 2 is 2.04 bits per heavy atom. The van der Waals surface area contributed by atoms with Gasteiger partial charge in [0.1, 0.15) is 0 Å². The molecule has 0 radical (unpaired) electrons. The fourth-order valence-electron chi connectivity index (χ4n) is 2.65. The molecular formula is C15H15F4NO4. The van der Waals surface area contributed by atoms with E-state index in [9.17, 15) is 27.2 Å². The van der Waals surface area contributed by atoms with E-state index in [2.05, 4.69) is 0 Å². The number of hydrogen-bond acceptors (Lipinski definition) is 3. The first kappa shape index (κ1) is 18.0. The number of hydrogen-bond donors (Lipinski definition) is 1. The Kier molecular flexibility index (Phi) is 4.73. The zero-order chi connectivity index (χ0) is 18.1. The van der Waals surface area contributed by atoms with E-state index >= 15 is 0 Å². The van der Waals surface area contributed by atoms with Crippen molar-refractivity contribution in [2.24, 2.45) is 5.41 Å². The van der Waals surface area contributed by atoms with Gasteiger partial charge < -0.3 is 14.7 Å². The Morgan fingerprint density at radius 3 is 2.54 bits per heavy atom. The van der Waals surface area contributed by atoms with Crippen LogP contribution in [0.5, 0.6) is 5.75 Å². The van der Waals surface area contributed by atoms with Crippen LogP contribution >= 0.6 is 0 Å². The maximum absolute atomic E-state index is 13.8. The van der Waals surface area contributed by atoms with Crippen LogP contribution in [0.4, 0.5) is 17.6 Å². The second-order valence-electron chi connectivity index (χ2n) is 5.41. The molecule has 1 aromatic carbocycles. The number of ether oxygens (including phenoxy) is 1. The molecule has 1 unspecified atom stereocenters. The third kappa shape index (κ3) is 2.90. The van der Waals surface area contributed by atoms with Gasteiger partial charge in [0.15, 0.2) is 17.0 Å². The van der Waals surface area contributed by atoms with Crippen LogP contribution in [0.1, 0.15) is 23.7 Å². The van der Waals surface area contributed by atoms with Crippen molar-refractivity contribution in [2.45, 2.75) is 19.5 Å². The van der Waals surface area contributed by atoms with Crippen molar-refractivity contribution in [1.82, 2.24) is 4.90 Å². The highest BCUT2D eigenvalue weighted by Gasteiger charge is 2.64. The molecule has 0 aromatic heterocycles. The monoisotopic (exact) mass is 349 g/mol. The van der Waals surface area contributed by atoms with E-state index in [1.807, 2.05) is 0 Å². The fourth-order valence-corrected chi connectivity index (χ4v) is 2.65. The molecule has 0 bridgehead atoms. The minimum Gasteiger partial charge on any atom is -0.490 e. The average Bonchev–Trinajstić information content (AvgIpc) is 2.95. The number of carboxylic acids is 1. The van der Waals surface area contributed by atoms with E-state index in [0.29, 0.717) is 0 Å². The summed E-state index contributed by atoms with van der Waals surface area (Å²) < 4.78 is 58.3. The summed E-state index contributed by atoms with van der Waals surface area (Å²) in [5, 5.41) is 9.01. The molecule has 1 atom stereocenters. The molecule has 1 heterocycles. The Labute approximate surface area is 134 Å². The van der Waals surface area contributed by atoms with Gasteiger partial charge in [-0.15, -0.1) is 0 Å². The summed E-state index contributed by atoms with van der Waals surface area (Å²) in [6.07, 6.45) is -5.75. The van der Waals surface area contributed by atoms with Crippen molar-refractivity contribution in [3.8, 4) is 5.75 Å². The van der Waals surface area contributed by atoms with Crippen LogP contribution in [-0.4, -0.2) is 47.8 Å². The molecular weight excluding hydrogens is 334 g/mol. The lowest BCUT2D eigenvalue weighted by Crippen LogP contribution is -2.47. The smallest absolute Gasteiger partial charge is 0.406 e. The van der Waals surface area contributed by atoms with Gasteiger partial charge in [-0.25, -0.2) is 4.39 Å². The van der Waals surface area contributed by atoms with Crippen molar-refractivity contribution in [1.29, 1.82) is 0 Å². The van der Waals surface area contributed by atoms with Gasteiger partial charge in [-0.1, -0.05) is 6.07 Å². The Hall–Kier alpha value is -2.32. The number of halogens is 4. The molecule has 1 aliphatic heterocycles. The van der Waals surface area contributed by atoms with Crippen LogP contribution in [-0.2, 0) is 4.79 Å². The van der Waals surface area contributed by atoms with Gasteiger partial charge in [0.25, 0.3) is 5.91 Å². The quantitative estimate of drug-likeness (QED) is 0.849. The van der Waals surface area contributed by atoms with Crippen LogP contribution in [0.15, 0.2) is 18.2 Å². The van der Waals surface area contributed by atoms with Crippen LogP contribution in [0.3, 0.4) is 0 Å². The second kappa shape index (κ2) is 6.29. The highest BCUT2D eigenvalue weighted by atomic mass is 19.4. The lowest BCUT2D eigenvalue weighted by Gasteiger charge is -2.27. The first-order valence-electron chi connectivity index (χ1n) is 7.14. The number of para-hydroxylation sites is 1. The van der Waals surface area contributed by atoms with Gasteiger partial charge in [-0.2, -0.15) is 13.2 Å². The van der Waals surface area contributed by atoms with E-state index in [1.165, 1.54) is 12.1 Å². The van der Waals surface area contributed by atoms with E-state index < -0.39 is 48.8 Å². The van der Waals surface area contributed by atoms with Crippen molar-refractivity contribution >= 4 is 11.9 Å². The molecule has 24 heavy (non-hydrogen) atoms. The van der Waals surface area contributed by atoms with Crippen molar-refractivity contribution in [2.75, 3.05) is 19.7 Å². The summed E-state index contributed by atoms with van der Waals surface area (Å²) >= 11 is 0. The Bertz CT molecular complexity index is 661. The Morgan fingerprint density at radius 1 is 1.38 bits per heavy atom. The number of rotatable bonds is 4. The number of amides is 1. The maximum Gasteiger partial charge on any atom is 0.406 e. The number of benzene rings is 1. The zero-order valence-electron chi connectivity index (χ0n) is 12.7. The summed E-state index contributed by atoms with van der Waals surface area (Å²) in [5.74, 6) is -4.10. The first-order valence-corrected chi connectivity index (χ1v) is 7.14. The van der Waals surface area contributed by atoms with Crippen molar-refractivity contribution in [3.63, 3.8) is 0 Å². The third-order valence-corrected chi connectivity index (χ3v) is 3.99. The fraction of sp³-hybridized carbons (Fsp3) is 0.467. The summed E-state index contributed by atoms with van der Waals surface area (Å²) in [6.45, 7) is 0.206. The summed E-state index contributed by atoms with van der Waals surface area (Å²) in [5.41, 5.74) is -3.25. The first-order chi connectivity index (χ1) is 11.1. The molecule has 1 aromatic rings. The van der Waals surface area contributed by atoms with Gasteiger partial charge in [0.2, 0.25) is 0 Å². The predicted molar refractivity (Wildman–Crippen MR) is 74.2 cm³/mol. The summed E-state index contributed by atoms with van der Waals surface area (Å²) in [4.78, 5) is 24.4. The van der Waals surface area contributed by atoms with Crippen molar-refractivity contribution in [3.05, 3.63) is 29.6 Å². The van der Waals surface area contributed by atoms with Crippen LogP contribution in [0.2, 0.25) is 0 Å². The summed E-state index contributed by atoms with van der Waals surface area (Å²) in [6, 6.07) is 3.52. The highest BCUT2D eigenvalue weighted by Crippen LogP contribution is 2.46. The molecule has 1 N–H and O–H groups in total. The highest BCUT2D eigenvalue weighted by molar-refractivity contribution is 5.97. The van der Waals surface area contributed by atoms with E-state index in [4.69, 9.17) is 9.84 Å². The van der Waals surface area contributed by atoms with E-state index in [-0.39, 0.29) is 17.9 Å². The van der Waals surface area contributed by atoms with E-state index in [1.54, 1.807) is 6.92 Å². The van der Waals surface area contributed by atoms with Crippen LogP contribution < -0.4 is 4.74 Å². The van der Waals surface area contributed by atoms with Gasteiger partial charge in [-0.05, 0) is 25.5 Å². The molecule has 132 valence electrons. The predicted octanol–water partition coefficient (Wildman–Crippen LogP) is 2.70. The zero-order valence-corrected chi connectivity index (χ0v) is 12.7. The number of nitrogens with zero attached hydrogens (tertiary/aromatic N) is 1. The molecule has 0 aliphatic carbocycles. The topological polar surface area (TPSA) is 66.8 Å². The SMILES string of the molecule is CCOc1c(F)cccc1C(=O)N1CCC(C(=O)O)(C(F)(F)F)C1. The minimum atomic E-state index is -5.00. The number of carboxylic acid groups (broad SMARTS) is 1. The van der Waals surface area contributed by atoms with Gasteiger partial charge in [0.05, 0.1) is 12.2 Å². The number of aliphatic carboxylic acids is 1. The Balaban J connectivity index is 2.34. The second-order valence-corrected chi connectivity index (χ2v) is 5.41. The average molecular weight is 349 g/mol. The third-order valence-electron chi connectivity index (χ3n) is 3.99. The van der Waals surface area contributed by atoms with Gasteiger partial charge in [0, 0.05) is 13.1 Å². The number of carbonyl (C=O) groups is 2. The lowest BCUT2D eigenvalue weighted by molar-refractivity contribution is -0.227. The molecule has 5 nitrogen and oxygen atoms in total. The molecule has 1 amide bonds. The van der Waals surface area contributed by atoms with Crippen LogP contribution in [0.25, 0.3) is 0 Å². The molecule has 1 fully saturated rings. The molecule has 1 saturated heterocycles. The standard InChI is InChI=1S/C15H15F4NO4/c1-2-24-11-9(4-3-5-10(11)16)12(21)20-7-6-14(8-20,13(22)23)15(17,18)19/h3-5H,2,6-8H2,1H3,(H,22,23). The molecule has 2 rings (SSSR count). The number of alkyl halides is 3. The molecule has 0 spiro atoms. The lowest BCUT2D eigenvalue weighted by atomic mass is 9.86.